The van der Waals surface area contributed by atoms with E-state index in [9.17, 15) is 9.59 Å². The van der Waals surface area contributed by atoms with Crippen molar-refractivity contribution < 1.29 is 37.7 Å². The lowest BCUT2D eigenvalue weighted by atomic mass is 10.2. The van der Waals surface area contributed by atoms with Gasteiger partial charge in [-0.3, -0.25) is 4.89 Å². The van der Waals surface area contributed by atoms with Gasteiger partial charge >= 0.3 is 20.9 Å². The molecule has 0 heterocycles. The number of rotatable bonds is 10. The molecule has 24 heavy (non-hydrogen) atoms. The maximum absolute atomic E-state index is 11.5. The van der Waals surface area contributed by atoms with E-state index in [0.717, 1.165) is 0 Å². The van der Waals surface area contributed by atoms with Gasteiger partial charge < -0.3 is 23.7 Å². The van der Waals surface area contributed by atoms with E-state index in [-0.39, 0.29) is 17.9 Å². The lowest BCUT2D eigenvalue weighted by Crippen LogP contribution is -2.43. The molecule has 9 nitrogen and oxygen atoms in total. The van der Waals surface area contributed by atoms with Crippen molar-refractivity contribution in [3.05, 3.63) is 29.8 Å². The lowest BCUT2D eigenvalue weighted by Gasteiger charge is -2.24. The first-order valence-corrected chi connectivity index (χ1v) is 9.01. The molecule has 1 aromatic rings. The smallest absolute Gasteiger partial charge is 0.478 e. The van der Waals surface area contributed by atoms with Gasteiger partial charge in [-0.15, -0.1) is 0 Å². The molecule has 1 aromatic carbocycles. The summed E-state index contributed by atoms with van der Waals surface area (Å²) in [7, 11) is 1.86. The molecule has 1 amide bonds. The van der Waals surface area contributed by atoms with Crippen LogP contribution in [0.3, 0.4) is 0 Å². The molecule has 0 fully saturated rings. The van der Waals surface area contributed by atoms with Crippen molar-refractivity contribution in [2.75, 3.05) is 27.9 Å². The molecule has 0 aliphatic carbocycles. The predicted octanol–water partition coefficient (Wildman–Crippen LogP) is 1.67. The molecule has 0 spiro atoms. The van der Waals surface area contributed by atoms with E-state index in [4.69, 9.17) is 23.3 Å². The Morgan fingerprint density at radius 1 is 1.12 bits per heavy atom. The Labute approximate surface area is 140 Å². The van der Waals surface area contributed by atoms with Gasteiger partial charge in [-0.25, -0.2) is 14.5 Å². The fraction of sp³-hybridized carbons (Fsp3) is 0.429. The summed E-state index contributed by atoms with van der Waals surface area (Å²) in [4.78, 5) is 31.8. The van der Waals surface area contributed by atoms with Gasteiger partial charge in [0.15, 0.2) is 5.75 Å². The predicted molar refractivity (Wildman–Crippen MR) is 84.7 cm³/mol. The molecule has 0 saturated heterocycles. The normalized spacial score (nSPS) is 11.0. The van der Waals surface area contributed by atoms with Crippen LogP contribution in [0.1, 0.15) is 16.8 Å². The van der Waals surface area contributed by atoms with Gasteiger partial charge in [0.2, 0.25) is 0 Å². The van der Waals surface area contributed by atoms with Crippen LogP contribution < -0.4 is 10.2 Å². The van der Waals surface area contributed by atoms with Crippen LogP contribution in [0.25, 0.3) is 0 Å². The molecule has 0 radical (unpaired) electrons. The molecule has 0 aromatic heterocycles. The first-order chi connectivity index (χ1) is 11.5. The zero-order valence-corrected chi connectivity index (χ0v) is 14.7. The second kappa shape index (κ2) is 9.88. The van der Waals surface area contributed by atoms with E-state index in [1.165, 1.54) is 39.5 Å². The highest BCUT2D eigenvalue weighted by atomic mass is 28.4. The molecule has 10 heteroatoms. The molecule has 2 N–H and O–H groups in total. The van der Waals surface area contributed by atoms with Gasteiger partial charge in [-0.2, -0.15) is 0 Å². The molecule has 0 aliphatic heterocycles. The fourth-order valence-electron chi connectivity index (χ4n) is 1.88. The van der Waals surface area contributed by atoms with Crippen molar-refractivity contribution >= 4 is 20.9 Å². The van der Waals surface area contributed by atoms with Gasteiger partial charge in [-0.05, 0) is 18.6 Å². The third-order valence-corrected chi connectivity index (χ3v) is 6.02. The quantitative estimate of drug-likeness (QED) is 0.281. The standard InChI is InChI=1S/C14H21NO8Si/c1-19-24(20-2,21-3)10-6-9-15-14(18)23-22-12-8-5-4-7-11(12)13(16)17/h4-5,7-8H,6,9-10H2,1-3H3,(H,15,18)(H,16,17). The highest BCUT2D eigenvalue weighted by Crippen LogP contribution is 2.18. The number of hydrogen-bond acceptors (Lipinski definition) is 7. The van der Waals surface area contributed by atoms with Crippen molar-refractivity contribution in [1.29, 1.82) is 0 Å². The highest BCUT2D eigenvalue weighted by molar-refractivity contribution is 6.60. The first-order valence-electron chi connectivity index (χ1n) is 7.08. The summed E-state index contributed by atoms with van der Waals surface area (Å²) in [6, 6.07) is 6.33. The van der Waals surface area contributed by atoms with E-state index in [0.29, 0.717) is 12.5 Å². The van der Waals surface area contributed by atoms with Crippen LogP contribution in [0, 0.1) is 0 Å². The number of carbonyl (C=O) groups excluding carboxylic acids is 1. The van der Waals surface area contributed by atoms with Crippen molar-refractivity contribution in [3.8, 4) is 5.75 Å². The summed E-state index contributed by atoms with van der Waals surface area (Å²) in [5, 5.41) is 11.5. The van der Waals surface area contributed by atoms with E-state index >= 15 is 0 Å². The summed E-state index contributed by atoms with van der Waals surface area (Å²) in [5.74, 6) is -1.25. The third kappa shape index (κ3) is 5.81. The topological polar surface area (TPSA) is 113 Å². The van der Waals surface area contributed by atoms with E-state index < -0.39 is 20.9 Å². The van der Waals surface area contributed by atoms with Crippen LogP contribution >= 0.6 is 0 Å². The van der Waals surface area contributed by atoms with E-state index in [2.05, 4.69) is 10.2 Å². The van der Waals surface area contributed by atoms with Gasteiger partial charge in [0, 0.05) is 33.9 Å². The summed E-state index contributed by atoms with van der Waals surface area (Å²) in [6.07, 6.45) is -0.294. The molecular formula is C14H21NO8Si. The maximum atomic E-state index is 11.5. The molecule has 0 unspecified atom stereocenters. The zero-order valence-electron chi connectivity index (χ0n) is 13.7. The minimum atomic E-state index is -2.67. The minimum Gasteiger partial charge on any atom is -0.478 e. The molecule has 0 atom stereocenters. The van der Waals surface area contributed by atoms with Crippen LogP contribution in [0.4, 0.5) is 4.79 Å². The third-order valence-electron chi connectivity index (χ3n) is 3.19. The number of amides is 1. The van der Waals surface area contributed by atoms with Crippen molar-refractivity contribution in [3.63, 3.8) is 0 Å². The van der Waals surface area contributed by atoms with Crippen molar-refractivity contribution in [2.24, 2.45) is 0 Å². The number of carboxylic acid groups (broad SMARTS) is 1. The average molecular weight is 359 g/mol. The second-order valence-corrected chi connectivity index (χ2v) is 7.67. The van der Waals surface area contributed by atoms with Gasteiger partial charge in [0.05, 0.1) is 0 Å². The second-order valence-electron chi connectivity index (χ2n) is 4.58. The summed E-state index contributed by atoms with van der Waals surface area (Å²) < 4.78 is 15.8. The van der Waals surface area contributed by atoms with Gasteiger partial charge in [-0.1, -0.05) is 12.1 Å². The molecule has 0 aliphatic rings. The molecular weight excluding hydrogens is 338 g/mol. The van der Waals surface area contributed by atoms with Crippen LogP contribution in [0.15, 0.2) is 24.3 Å². The lowest BCUT2D eigenvalue weighted by molar-refractivity contribution is -0.142. The highest BCUT2D eigenvalue weighted by Gasteiger charge is 2.36. The summed E-state index contributed by atoms with van der Waals surface area (Å²) >= 11 is 0. The monoisotopic (exact) mass is 359 g/mol. The molecule has 134 valence electrons. The first kappa shape index (κ1) is 19.9. The number of para-hydroxylation sites is 1. The van der Waals surface area contributed by atoms with Crippen molar-refractivity contribution in [2.45, 2.75) is 12.5 Å². The number of nitrogens with one attached hydrogen (secondary N) is 1. The van der Waals surface area contributed by atoms with Gasteiger partial charge in [0.25, 0.3) is 0 Å². The van der Waals surface area contributed by atoms with Crippen LogP contribution in [-0.2, 0) is 18.2 Å². The number of aromatic carboxylic acids is 1. The molecule has 0 saturated carbocycles. The Bertz CT molecular complexity index is 541. The number of benzene rings is 1. The molecule has 1 rings (SSSR count). The Morgan fingerprint density at radius 2 is 1.75 bits per heavy atom. The summed E-state index contributed by atoms with van der Waals surface area (Å²) in [6.45, 7) is 0.285. The number of carboxylic acids is 1. The van der Waals surface area contributed by atoms with Crippen LogP contribution in [-0.4, -0.2) is 53.8 Å². The van der Waals surface area contributed by atoms with Crippen LogP contribution in [0.2, 0.25) is 6.04 Å². The Hall–Kier alpha value is -2.14. The number of carbonyl (C=O) groups is 2. The number of hydrogen-bond donors (Lipinski definition) is 2. The fourth-order valence-corrected chi connectivity index (χ4v) is 3.60. The summed E-state index contributed by atoms with van der Waals surface area (Å²) in [5.41, 5.74) is -0.110. The maximum Gasteiger partial charge on any atom is 0.500 e. The largest absolute Gasteiger partial charge is 0.500 e. The van der Waals surface area contributed by atoms with E-state index in [1.54, 1.807) is 6.07 Å². The van der Waals surface area contributed by atoms with Crippen molar-refractivity contribution in [1.82, 2.24) is 5.32 Å². The zero-order chi connectivity index (χ0) is 18.0. The van der Waals surface area contributed by atoms with Crippen LogP contribution in [0.5, 0.6) is 5.75 Å². The Morgan fingerprint density at radius 3 is 2.33 bits per heavy atom. The van der Waals surface area contributed by atoms with Gasteiger partial charge in [0.1, 0.15) is 5.56 Å². The molecule has 0 bridgehead atoms. The Balaban J connectivity index is 2.37. The minimum absolute atomic E-state index is 0.0651. The SMILES string of the molecule is CO[Si](CCCNC(=O)OOc1ccccc1C(=O)O)(OC)OC. The van der Waals surface area contributed by atoms with E-state index in [1.807, 2.05) is 0 Å². The average Bonchev–Trinajstić information content (AvgIpc) is 2.61. The Kier molecular flexibility index (Phi) is 8.19.